The first kappa shape index (κ1) is 32.9. The molecule has 0 spiro atoms. The number of ether oxygens (including phenoxy) is 2. The van der Waals surface area contributed by atoms with Crippen molar-refractivity contribution in [1.29, 1.82) is 0 Å². The Kier molecular flexibility index (Phi) is 25.6. The number of hydrogen-bond acceptors (Lipinski definition) is 5. The molecule has 0 aromatic carbocycles. The van der Waals surface area contributed by atoms with E-state index >= 15 is 0 Å². The van der Waals surface area contributed by atoms with Crippen LogP contribution in [-0.2, 0) is 14.3 Å². The molecule has 0 radical (unpaired) electrons. The number of rotatable bonds is 26. The fraction of sp³-hybridized carbons (Fsp3) is 0.929. The van der Waals surface area contributed by atoms with Gasteiger partial charge in [0.05, 0.1) is 13.7 Å². The van der Waals surface area contributed by atoms with Crippen molar-refractivity contribution in [2.75, 3.05) is 40.5 Å². The van der Waals surface area contributed by atoms with E-state index in [2.05, 4.69) is 9.64 Å². The number of hydrogen-bond donors (Lipinski definition) is 1. The van der Waals surface area contributed by atoms with E-state index in [4.69, 9.17) is 4.74 Å². The molecule has 0 heterocycles. The second-order valence-electron chi connectivity index (χ2n) is 9.60. The van der Waals surface area contributed by atoms with Crippen LogP contribution in [0, 0.1) is 0 Å². The van der Waals surface area contributed by atoms with Crippen LogP contribution in [0.1, 0.15) is 128 Å². The predicted molar refractivity (Wildman–Crippen MR) is 142 cm³/mol. The van der Waals surface area contributed by atoms with Crippen LogP contribution in [0.3, 0.4) is 0 Å². The molecule has 34 heavy (non-hydrogen) atoms. The summed E-state index contributed by atoms with van der Waals surface area (Å²) in [4.78, 5) is 22.8. The summed E-state index contributed by atoms with van der Waals surface area (Å²) in [6, 6.07) is 0. The van der Waals surface area contributed by atoms with Crippen molar-refractivity contribution in [3.63, 3.8) is 0 Å². The average Bonchev–Trinajstić information content (AvgIpc) is 2.85. The van der Waals surface area contributed by atoms with E-state index in [0.717, 1.165) is 38.9 Å². The molecule has 0 saturated carbocycles. The Labute approximate surface area is 210 Å². The molecule has 0 aromatic heterocycles. The largest absolute Gasteiger partial charge is 0.482 e. The van der Waals surface area contributed by atoms with Crippen molar-refractivity contribution in [1.82, 2.24) is 4.90 Å². The maximum atomic E-state index is 11.1. The lowest BCUT2D eigenvalue weighted by Crippen LogP contribution is -2.29. The number of aliphatic hydroxyl groups excluding tert-OH is 1. The monoisotopic (exact) mass is 486 g/mol. The molecule has 202 valence electrons. The second kappa shape index (κ2) is 26.5. The Bertz CT molecular complexity index is 420. The van der Waals surface area contributed by atoms with Crippen LogP contribution >= 0.6 is 0 Å². The number of carbonyl (C=O) groups is 1. The lowest BCUT2D eigenvalue weighted by molar-refractivity contribution is -0.140. The number of nitrogens with zero attached hydrogens (tertiary/aromatic N) is 1. The second-order valence-corrected chi connectivity index (χ2v) is 9.60. The fourth-order valence-electron chi connectivity index (χ4n) is 4.37. The minimum Gasteiger partial charge on any atom is -0.469 e. The smallest absolute Gasteiger partial charge is 0.469 e. The predicted octanol–water partition coefficient (Wildman–Crippen LogP) is 6.40. The molecule has 0 saturated heterocycles. The van der Waals surface area contributed by atoms with Gasteiger partial charge in [-0.2, -0.15) is 0 Å². The minimum absolute atomic E-state index is 0.0892. The number of carbonyl (C=O) groups excluding carboxylic acids is 2. The summed E-state index contributed by atoms with van der Waals surface area (Å²) in [6.07, 6.45) is 23.4. The summed E-state index contributed by atoms with van der Waals surface area (Å²) in [7, 11) is 2.97. The quantitative estimate of drug-likeness (QED) is 0.0868. The zero-order valence-electron chi connectivity index (χ0n) is 22.5. The fourth-order valence-corrected chi connectivity index (χ4v) is 4.37. The molecule has 0 unspecified atom stereocenters. The Hall–Kier alpha value is -1.14. The maximum Gasteiger partial charge on any atom is 0.482 e. The van der Waals surface area contributed by atoms with Gasteiger partial charge in [-0.15, -0.1) is 0 Å². The normalized spacial score (nSPS) is 11.2. The number of methoxy groups -OCH3 is 2. The topological polar surface area (TPSA) is 80.4 Å². The van der Waals surface area contributed by atoms with E-state index in [1.807, 2.05) is 0 Å². The summed E-state index contributed by atoms with van der Waals surface area (Å²) in [6.45, 7) is 3.30. The highest BCUT2D eigenvalue weighted by Gasteiger charge is 2.07. The molecule has 0 atom stereocenters. The van der Waals surface area contributed by atoms with Gasteiger partial charge in [0, 0.05) is 13.0 Å². The van der Waals surface area contributed by atoms with Gasteiger partial charge < -0.3 is 24.3 Å². The van der Waals surface area contributed by atoms with E-state index in [-0.39, 0.29) is 18.5 Å². The van der Waals surface area contributed by atoms with Crippen LogP contribution in [0.5, 0.6) is 0 Å². The van der Waals surface area contributed by atoms with Gasteiger partial charge >= 0.3 is 11.9 Å². The number of esters is 2. The molecule has 0 amide bonds. The van der Waals surface area contributed by atoms with Crippen LogP contribution in [0.2, 0.25) is 0 Å². The molecule has 0 aliphatic heterocycles. The summed E-state index contributed by atoms with van der Waals surface area (Å²) >= 11 is 0. The third-order valence-electron chi connectivity index (χ3n) is 6.60. The molecular formula is C28H56NO5+. The molecule has 6 nitrogen and oxygen atoms in total. The number of aliphatic hydroxyl groups is 1. The summed E-state index contributed by atoms with van der Waals surface area (Å²) < 4.78 is 9.43. The van der Waals surface area contributed by atoms with Gasteiger partial charge in [0.15, 0.2) is 7.11 Å². The van der Waals surface area contributed by atoms with Gasteiger partial charge in [-0.05, 0) is 38.8 Å². The van der Waals surface area contributed by atoms with Crippen molar-refractivity contribution >= 4 is 11.9 Å². The Morgan fingerprint density at radius 1 is 0.588 bits per heavy atom. The van der Waals surface area contributed by atoms with Gasteiger partial charge in [-0.3, -0.25) is 4.79 Å². The molecule has 0 aliphatic rings. The van der Waals surface area contributed by atoms with Crippen molar-refractivity contribution in [3.8, 4) is 0 Å². The SMILES string of the molecule is COC(=O)CCCCCCCCCCCN(CCO)CCCCCCCCCCCC(=[OH+])OC. The third-order valence-corrected chi connectivity index (χ3v) is 6.60. The van der Waals surface area contributed by atoms with E-state index in [9.17, 15) is 14.7 Å². The van der Waals surface area contributed by atoms with Crippen molar-refractivity contribution < 1.29 is 24.2 Å². The van der Waals surface area contributed by atoms with Crippen molar-refractivity contribution in [2.45, 2.75) is 128 Å². The van der Waals surface area contributed by atoms with E-state index < -0.39 is 0 Å². The Morgan fingerprint density at radius 2 is 0.971 bits per heavy atom. The number of unbranched alkanes of at least 4 members (excludes halogenated alkanes) is 16. The minimum atomic E-state index is -0.0892. The van der Waals surface area contributed by atoms with Gasteiger partial charge in [-0.25, -0.2) is 0 Å². The van der Waals surface area contributed by atoms with Crippen LogP contribution < -0.4 is 0 Å². The van der Waals surface area contributed by atoms with Crippen LogP contribution in [0.4, 0.5) is 0 Å². The molecule has 0 fully saturated rings. The van der Waals surface area contributed by atoms with Crippen molar-refractivity contribution in [2.24, 2.45) is 0 Å². The van der Waals surface area contributed by atoms with E-state index in [1.54, 1.807) is 0 Å². The lowest BCUT2D eigenvalue weighted by Gasteiger charge is -2.21. The van der Waals surface area contributed by atoms with Gasteiger partial charge in [0.2, 0.25) is 0 Å². The molecular weight excluding hydrogens is 430 g/mol. The van der Waals surface area contributed by atoms with Gasteiger partial charge in [0.25, 0.3) is 0 Å². The van der Waals surface area contributed by atoms with Crippen LogP contribution in [0.15, 0.2) is 0 Å². The lowest BCUT2D eigenvalue weighted by atomic mass is 10.1. The van der Waals surface area contributed by atoms with Crippen LogP contribution in [0.25, 0.3) is 0 Å². The van der Waals surface area contributed by atoms with Gasteiger partial charge in [0.1, 0.15) is 6.42 Å². The highest BCUT2D eigenvalue weighted by Crippen LogP contribution is 2.13. The molecule has 0 rings (SSSR count). The zero-order valence-corrected chi connectivity index (χ0v) is 22.5. The highest BCUT2D eigenvalue weighted by molar-refractivity contribution is 5.70. The highest BCUT2D eigenvalue weighted by atomic mass is 16.5. The first-order valence-electron chi connectivity index (χ1n) is 14.1. The summed E-state index contributed by atoms with van der Waals surface area (Å²) in [5.74, 6) is 0.0701. The Balaban J connectivity index is 3.45. The molecule has 0 aliphatic carbocycles. The summed E-state index contributed by atoms with van der Waals surface area (Å²) in [5.41, 5.74) is 0. The molecule has 0 bridgehead atoms. The molecule has 0 aromatic rings. The standard InChI is InChI=1S/C28H55NO5/c1-33-27(31)21-17-13-9-5-3-7-11-15-19-23-29(25-26-30)24-20-16-12-8-4-6-10-14-18-22-28(32)34-2/h30H,3-26H2,1-2H3/p+1. The van der Waals surface area contributed by atoms with Gasteiger partial charge in [-0.1, -0.05) is 89.9 Å². The first-order chi connectivity index (χ1) is 16.6. The molecule has 2 N–H and O–H groups in total. The van der Waals surface area contributed by atoms with Crippen molar-refractivity contribution in [3.05, 3.63) is 0 Å². The molecule has 6 heteroatoms. The van der Waals surface area contributed by atoms with E-state index in [1.165, 1.54) is 111 Å². The zero-order chi connectivity index (χ0) is 25.1. The Morgan fingerprint density at radius 3 is 1.35 bits per heavy atom. The third kappa shape index (κ3) is 24.0. The average molecular weight is 487 g/mol. The maximum absolute atomic E-state index is 11.1. The first-order valence-corrected chi connectivity index (χ1v) is 14.1. The summed E-state index contributed by atoms with van der Waals surface area (Å²) in [5, 5.41) is 9.36. The van der Waals surface area contributed by atoms with Crippen LogP contribution in [-0.4, -0.2) is 67.2 Å². The van der Waals surface area contributed by atoms with E-state index in [0.29, 0.717) is 12.8 Å².